The highest BCUT2D eigenvalue weighted by Gasteiger charge is 2.54. The summed E-state index contributed by atoms with van der Waals surface area (Å²) >= 11 is 0. The highest BCUT2D eigenvalue weighted by atomic mass is 32.2. The number of nitrogens with zero attached hydrogens (tertiary/aromatic N) is 1. The average molecular weight is 681 g/mol. The molecule has 0 amide bonds. The van der Waals surface area contributed by atoms with Crippen molar-refractivity contribution in [2.75, 3.05) is 7.11 Å². The van der Waals surface area contributed by atoms with Crippen LogP contribution in [-0.2, 0) is 28.7 Å². The molecule has 3 atom stereocenters. The van der Waals surface area contributed by atoms with E-state index in [1.165, 1.54) is 13.2 Å². The van der Waals surface area contributed by atoms with Gasteiger partial charge in [0, 0.05) is 11.6 Å². The fourth-order valence-electron chi connectivity index (χ4n) is 6.47. The van der Waals surface area contributed by atoms with Gasteiger partial charge in [-0.05, 0) is 96.0 Å². The lowest BCUT2D eigenvalue weighted by molar-refractivity contribution is -0.143. The lowest BCUT2D eigenvalue weighted by Crippen LogP contribution is -2.33. The van der Waals surface area contributed by atoms with Crippen LogP contribution in [0, 0.1) is 6.92 Å². The summed E-state index contributed by atoms with van der Waals surface area (Å²) in [5.74, 6) is 0.331. The van der Waals surface area contributed by atoms with Gasteiger partial charge in [0.1, 0.15) is 5.75 Å². The van der Waals surface area contributed by atoms with Crippen molar-refractivity contribution in [3.63, 3.8) is 0 Å². The van der Waals surface area contributed by atoms with Crippen LogP contribution in [0.2, 0.25) is 0 Å². The van der Waals surface area contributed by atoms with Crippen LogP contribution in [0.1, 0.15) is 83.6 Å². The smallest absolute Gasteiger partial charge is 0.416 e. The zero-order valence-corrected chi connectivity index (χ0v) is 25.6. The zero-order chi connectivity index (χ0) is 34.1. The quantitative estimate of drug-likeness (QED) is 0.274. The van der Waals surface area contributed by atoms with Crippen LogP contribution < -0.4 is 9.46 Å². The number of hydrogen-bond donors (Lipinski definition) is 1. The maximum absolute atomic E-state index is 14.0. The number of alkyl halides is 9. The Morgan fingerprint density at radius 3 is 1.91 bits per heavy atom. The third kappa shape index (κ3) is 6.20. The topological polar surface area (TPSA) is 58.6 Å². The molecule has 5 nitrogen and oxygen atoms in total. The minimum absolute atomic E-state index is 0.0105. The van der Waals surface area contributed by atoms with Gasteiger partial charge in [0.05, 0.1) is 35.9 Å². The molecule has 0 unspecified atom stereocenters. The molecule has 15 heteroatoms. The molecule has 0 bridgehead atoms. The molecule has 2 fully saturated rings. The Bertz CT molecular complexity index is 1730. The van der Waals surface area contributed by atoms with E-state index in [-0.39, 0.29) is 36.0 Å². The van der Waals surface area contributed by atoms with E-state index >= 15 is 0 Å². The van der Waals surface area contributed by atoms with Gasteiger partial charge in [0.2, 0.25) is 0 Å². The summed E-state index contributed by atoms with van der Waals surface area (Å²) in [6, 6.07) is 3.31. The second-order valence-electron chi connectivity index (χ2n) is 11.8. The first-order valence-electron chi connectivity index (χ1n) is 14.1. The molecule has 0 radical (unpaired) electrons. The molecule has 46 heavy (non-hydrogen) atoms. The minimum Gasteiger partial charge on any atom is -0.496 e. The van der Waals surface area contributed by atoms with Gasteiger partial charge in [-0.25, -0.2) is 0 Å². The first-order valence-corrected chi connectivity index (χ1v) is 15.6. The molecule has 0 aliphatic carbocycles. The first kappa shape index (κ1) is 34.0. The molecule has 0 spiro atoms. The summed E-state index contributed by atoms with van der Waals surface area (Å²) in [7, 11) is -3.22. The number of rotatable bonds is 5. The molecule has 0 saturated carbocycles. The van der Waals surface area contributed by atoms with E-state index in [2.05, 4.69) is 4.72 Å². The van der Waals surface area contributed by atoms with Crippen molar-refractivity contribution >= 4 is 10.2 Å². The van der Waals surface area contributed by atoms with Gasteiger partial charge in [-0.15, -0.1) is 0 Å². The molecular formula is C31H29F9N2O3S. The maximum atomic E-state index is 14.0. The standard InChI is InChI=1S/C31H29F9N2O3S/c1-15(2)22-14-24(27(45-4)9-16(22)3)21-6-5-18(29(32,33)34)13-23(21)25-7-8-26-28(41-46(43,44)42(25)26)17-10-19(30(35,36)37)12-20(11-17)31(38,39)40/h5-6,9-15,25-26,28,41H,7-8H2,1-4H3/t25-,26-,28+/m0/s1. The SMILES string of the molecule is COc1cc(C)c(C(C)C)cc1-c1ccc(C(F)(F)F)cc1[C@@H]1CC[C@H]2[C@@H](c3cc(C(F)(F)F)cc(C(F)(F)F)c3)NS(=O)(=O)N12. The van der Waals surface area contributed by atoms with Gasteiger partial charge < -0.3 is 4.74 Å². The maximum Gasteiger partial charge on any atom is 0.416 e. The molecule has 1 N–H and O–H groups in total. The minimum atomic E-state index is -5.17. The van der Waals surface area contributed by atoms with Gasteiger partial charge in [0.25, 0.3) is 10.2 Å². The van der Waals surface area contributed by atoms with Gasteiger partial charge in [-0.3, -0.25) is 0 Å². The number of aryl methyl sites for hydroxylation is 1. The van der Waals surface area contributed by atoms with Crippen molar-refractivity contribution < 1.29 is 52.7 Å². The number of benzene rings is 3. The average Bonchev–Trinajstić information content (AvgIpc) is 3.50. The van der Waals surface area contributed by atoms with Gasteiger partial charge in [-0.2, -0.15) is 57.0 Å². The lowest BCUT2D eigenvalue weighted by atomic mass is 9.88. The summed E-state index contributed by atoms with van der Waals surface area (Å²) in [5.41, 5.74) is -2.50. The predicted molar refractivity (Wildman–Crippen MR) is 151 cm³/mol. The van der Waals surface area contributed by atoms with Gasteiger partial charge >= 0.3 is 18.5 Å². The third-order valence-corrected chi connectivity index (χ3v) is 10.1. The molecule has 2 heterocycles. The number of nitrogens with one attached hydrogen (secondary N) is 1. The number of methoxy groups -OCH3 is 1. The highest BCUT2D eigenvalue weighted by Crippen LogP contribution is 2.51. The summed E-state index contributed by atoms with van der Waals surface area (Å²) in [6.07, 6.45) is -15.2. The molecule has 3 aromatic carbocycles. The van der Waals surface area contributed by atoms with E-state index < -0.39 is 69.1 Å². The second-order valence-corrected chi connectivity index (χ2v) is 13.4. The summed E-state index contributed by atoms with van der Waals surface area (Å²) in [4.78, 5) is 0. The number of ether oxygens (including phenoxy) is 1. The van der Waals surface area contributed by atoms with Crippen molar-refractivity contribution in [2.45, 2.75) is 76.2 Å². The number of fused-ring (bicyclic) bond motifs is 1. The first-order chi connectivity index (χ1) is 21.1. The highest BCUT2D eigenvalue weighted by molar-refractivity contribution is 7.87. The van der Waals surface area contributed by atoms with Crippen molar-refractivity contribution in [1.29, 1.82) is 0 Å². The Kier molecular flexibility index (Phi) is 8.47. The Labute approximate surface area is 259 Å². The molecule has 2 aliphatic rings. The number of hydrogen-bond acceptors (Lipinski definition) is 3. The Morgan fingerprint density at radius 2 is 1.39 bits per heavy atom. The van der Waals surface area contributed by atoms with Crippen LogP contribution in [0.5, 0.6) is 5.75 Å². The normalized spacial score (nSPS) is 22.0. The Morgan fingerprint density at radius 1 is 0.804 bits per heavy atom. The van der Waals surface area contributed by atoms with Crippen molar-refractivity contribution in [3.05, 3.63) is 87.5 Å². The van der Waals surface area contributed by atoms with Crippen molar-refractivity contribution in [3.8, 4) is 16.9 Å². The van der Waals surface area contributed by atoms with Crippen molar-refractivity contribution in [1.82, 2.24) is 9.03 Å². The van der Waals surface area contributed by atoms with Crippen LogP contribution in [-0.4, -0.2) is 25.9 Å². The summed E-state index contributed by atoms with van der Waals surface area (Å²) in [6.45, 7) is 5.69. The zero-order valence-electron chi connectivity index (χ0n) is 24.8. The largest absolute Gasteiger partial charge is 0.496 e. The Hall–Kier alpha value is -3.30. The van der Waals surface area contributed by atoms with Crippen LogP contribution in [0.4, 0.5) is 39.5 Å². The van der Waals surface area contributed by atoms with E-state index in [1.807, 2.05) is 20.8 Å². The molecule has 0 aromatic heterocycles. The van der Waals surface area contributed by atoms with Crippen LogP contribution in [0.3, 0.4) is 0 Å². The summed E-state index contributed by atoms with van der Waals surface area (Å²) < 4.78 is 159. The number of halogens is 9. The molecule has 250 valence electrons. The predicted octanol–water partition coefficient (Wildman–Crippen LogP) is 8.95. The Balaban J connectivity index is 1.68. The van der Waals surface area contributed by atoms with Crippen LogP contribution >= 0.6 is 0 Å². The van der Waals surface area contributed by atoms with Crippen LogP contribution in [0.25, 0.3) is 11.1 Å². The molecule has 3 aromatic rings. The third-order valence-electron chi connectivity index (χ3n) is 8.52. The van der Waals surface area contributed by atoms with Gasteiger partial charge in [-0.1, -0.05) is 19.9 Å². The van der Waals surface area contributed by atoms with E-state index in [0.717, 1.165) is 27.6 Å². The lowest BCUT2D eigenvalue weighted by Gasteiger charge is -2.27. The molecule has 5 rings (SSSR count). The fourth-order valence-corrected chi connectivity index (χ4v) is 8.35. The fraction of sp³-hybridized carbons (Fsp3) is 0.419. The molecular weight excluding hydrogens is 651 g/mol. The molecule has 2 aliphatic heterocycles. The second kappa shape index (κ2) is 11.4. The van der Waals surface area contributed by atoms with E-state index in [1.54, 1.807) is 12.1 Å². The molecule has 2 saturated heterocycles. The van der Waals surface area contributed by atoms with E-state index in [9.17, 15) is 47.9 Å². The van der Waals surface area contributed by atoms with E-state index in [4.69, 9.17) is 4.74 Å². The van der Waals surface area contributed by atoms with E-state index in [0.29, 0.717) is 23.4 Å². The summed E-state index contributed by atoms with van der Waals surface area (Å²) in [5, 5.41) is 0. The van der Waals surface area contributed by atoms with Crippen LogP contribution in [0.15, 0.2) is 48.5 Å². The van der Waals surface area contributed by atoms with Gasteiger partial charge in [0.15, 0.2) is 0 Å². The monoisotopic (exact) mass is 680 g/mol. The van der Waals surface area contributed by atoms with Crippen molar-refractivity contribution in [2.24, 2.45) is 0 Å².